The highest BCUT2D eigenvalue weighted by Gasteiger charge is 2.48. The molecule has 0 heterocycles. The Morgan fingerprint density at radius 3 is 1.65 bits per heavy atom. The van der Waals surface area contributed by atoms with E-state index in [2.05, 4.69) is 0 Å². The largest absolute Gasteiger partial charge is 0.442 e. The fourth-order valence-corrected chi connectivity index (χ4v) is 4.89. The van der Waals surface area contributed by atoms with Crippen molar-refractivity contribution in [2.45, 2.75) is 51.9 Å². The second kappa shape index (κ2) is 4.49. The zero-order chi connectivity index (χ0) is 13.3. The van der Waals surface area contributed by atoms with Crippen LogP contribution in [0.1, 0.15) is 41.5 Å². The number of para-hydroxylation sites is 1. The number of rotatable bonds is 2. The van der Waals surface area contributed by atoms with Gasteiger partial charge in [0.15, 0.2) is 0 Å². The average Bonchev–Trinajstić information content (AvgIpc) is 2.15. The van der Waals surface area contributed by atoms with Crippen molar-refractivity contribution in [3.05, 3.63) is 30.3 Å². The van der Waals surface area contributed by atoms with Gasteiger partial charge in [0.25, 0.3) is 7.37 Å². The van der Waals surface area contributed by atoms with E-state index in [4.69, 9.17) is 4.52 Å². The molecule has 0 bridgehead atoms. The molecule has 96 valence electrons. The lowest BCUT2D eigenvalue weighted by atomic mass is 10.2. The van der Waals surface area contributed by atoms with Crippen molar-refractivity contribution in [1.29, 1.82) is 0 Å². The zero-order valence-electron chi connectivity index (χ0n) is 11.7. The maximum atomic E-state index is 13.2. The van der Waals surface area contributed by atoms with Gasteiger partial charge < -0.3 is 4.52 Å². The Morgan fingerprint density at radius 2 is 1.29 bits per heavy atom. The fraction of sp³-hybridized carbons (Fsp3) is 0.571. The van der Waals surface area contributed by atoms with Crippen molar-refractivity contribution in [3.63, 3.8) is 0 Å². The topological polar surface area (TPSA) is 26.3 Å². The Labute approximate surface area is 105 Å². The summed E-state index contributed by atoms with van der Waals surface area (Å²) in [5, 5.41) is -0.748. The van der Waals surface area contributed by atoms with Crippen molar-refractivity contribution in [3.8, 4) is 5.75 Å². The van der Waals surface area contributed by atoms with Crippen LogP contribution in [0.4, 0.5) is 0 Å². The van der Waals surface area contributed by atoms with Crippen LogP contribution in [-0.2, 0) is 4.57 Å². The molecule has 1 aromatic rings. The predicted molar refractivity (Wildman–Crippen MR) is 74.2 cm³/mol. The molecule has 1 rings (SSSR count). The zero-order valence-corrected chi connectivity index (χ0v) is 12.5. The minimum atomic E-state index is -2.81. The smallest absolute Gasteiger partial charge is 0.258 e. The van der Waals surface area contributed by atoms with Crippen LogP contribution in [0.5, 0.6) is 5.75 Å². The minimum Gasteiger partial charge on any atom is -0.442 e. The monoisotopic (exact) mass is 254 g/mol. The van der Waals surface area contributed by atoms with Crippen LogP contribution in [0.15, 0.2) is 30.3 Å². The normalized spacial score (nSPS) is 13.5. The van der Waals surface area contributed by atoms with Crippen LogP contribution in [0, 0.1) is 0 Å². The molecule has 17 heavy (non-hydrogen) atoms. The van der Waals surface area contributed by atoms with Crippen molar-refractivity contribution in [1.82, 2.24) is 0 Å². The average molecular weight is 254 g/mol. The number of hydrogen-bond acceptors (Lipinski definition) is 2. The maximum absolute atomic E-state index is 13.2. The highest BCUT2D eigenvalue weighted by Crippen LogP contribution is 2.66. The first-order chi connectivity index (χ1) is 7.58. The van der Waals surface area contributed by atoms with E-state index in [0.29, 0.717) is 5.75 Å². The lowest BCUT2D eigenvalue weighted by molar-refractivity contribution is 0.418. The first kappa shape index (κ1) is 14.3. The molecular weight excluding hydrogens is 231 g/mol. The Balaban J connectivity index is 3.16. The standard InChI is InChI=1S/C14H23O2P/c1-13(2,3)17(15,14(4,5)6)16-12-10-8-7-9-11-12/h7-11H,1-6H3. The van der Waals surface area contributed by atoms with Gasteiger partial charge in [-0.25, -0.2) is 0 Å². The van der Waals surface area contributed by atoms with Gasteiger partial charge in [-0.2, -0.15) is 0 Å². The van der Waals surface area contributed by atoms with Gasteiger partial charge in [-0.3, -0.25) is 4.57 Å². The molecule has 0 aliphatic heterocycles. The third kappa shape index (κ3) is 2.93. The highest BCUT2D eigenvalue weighted by atomic mass is 31.2. The molecule has 0 aromatic heterocycles. The first-order valence-electron chi connectivity index (χ1n) is 5.93. The fourth-order valence-electron chi connectivity index (χ4n) is 1.91. The van der Waals surface area contributed by atoms with Crippen molar-refractivity contribution in [2.75, 3.05) is 0 Å². The molecular formula is C14H23O2P. The second-order valence-corrected chi connectivity index (χ2v) is 10.3. The van der Waals surface area contributed by atoms with E-state index in [1.807, 2.05) is 71.9 Å². The summed E-state index contributed by atoms with van der Waals surface area (Å²) in [6, 6.07) is 9.41. The van der Waals surface area contributed by atoms with Crippen LogP contribution in [0.3, 0.4) is 0 Å². The molecule has 0 amide bonds. The van der Waals surface area contributed by atoms with Gasteiger partial charge in [0.2, 0.25) is 0 Å². The van der Waals surface area contributed by atoms with E-state index in [0.717, 1.165) is 0 Å². The van der Waals surface area contributed by atoms with Crippen LogP contribution >= 0.6 is 7.37 Å². The Hall–Kier alpha value is -0.750. The molecule has 2 nitrogen and oxygen atoms in total. The van der Waals surface area contributed by atoms with Gasteiger partial charge in [0, 0.05) is 10.3 Å². The predicted octanol–water partition coefficient (Wildman–Crippen LogP) is 4.94. The first-order valence-corrected chi connectivity index (χ1v) is 7.55. The van der Waals surface area contributed by atoms with E-state index in [-0.39, 0.29) is 10.3 Å². The summed E-state index contributed by atoms with van der Waals surface area (Å²) < 4.78 is 19.1. The lowest BCUT2D eigenvalue weighted by Crippen LogP contribution is -2.31. The molecule has 0 saturated carbocycles. The summed E-state index contributed by atoms with van der Waals surface area (Å²) in [5.41, 5.74) is 0. The number of benzene rings is 1. The molecule has 0 radical (unpaired) electrons. The Bertz CT molecular complexity index is 392. The van der Waals surface area contributed by atoms with Gasteiger partial charge in [0.1, 0.15) is 5.75 Å². The molecule has 0 aliphatic carbocycles. The summed E-state index contributed by atoms with van der Waals surface area (Å²) in [7, 11) is -2.81. The summed E-state index contributed by atoms with van der Waals surface area (Å²) in [4.78, 5) is 0. The summed E-state index contributed by atoms with van der Waals surface area (Å²) in [6.45, 7) is 11.8. The third-order valence-corrected chi connectivity index (χ3v) is 6.74. The molecule has 3 heteroatoms. The van der Waals surface area contributed by atoms with Crippen LogP contribution < -0.4 is 4.52 Å². The van der Waals surface area contributed by atoms with Crippen molar-refractivity contribution in [2.24, 2.45) is 0 Å². The van der Waals surface area contributed by atoms with Gasteiger partial charge in [-0.15, -0.1) is 0 Å². The van der Waals surface area contributed by atoms with E-state index < -0.39 is 7.37 Å². The highest BCUT2D eigenvalue weighted by molar-refractivity contribution is 7.62. The maximum Gasteiger partial charge on any atom is 0.258 e. The van der Waals surface area contributed by atoms with Gasteiger partial charge >= 0.3 is 0 Å². The third-order valence-electron chi connectivity index (χ3n) is 2.74. The van der Waals surface area contributed by atoms with E-state index in [9.17, 15) is 4.57 Å². The molecule has 0 aliphatic rings. The minimum absolute atomic E-state index is 0.374. The summed E-state index contributed by atoms with van der Waals surface area (Å²) in [6.07, 6.45) is 0. The van der Waals surface area contributed by atoms with Crippen LogP contribution in [0.2, 0.25) is 0 Å². The Morgan fingerprint density at radius 1 is 0.882 bits per heavy atom. The molecule has 0 fully saturated rings. The molecule has 1 aromatic carbocycles. The SMILES string of the molecule is CC(C)(C)P(=O)(Oc1ccccc1)C(C)(C)C. The second-order valence-electron chi connectivity index (χ2n) is 6.30. The van der Waals surface area contributed by atoms with Crippen molar-refractivity contribution < 1.29 is 9.09 Å². The van der Waals surface area contributed by atoms with E-state index in [1.54, 1.807) is 0 Å². The molecule has 0 spiro atoms. The molecule has 0 saturated heterocycles. The molecule has 0 unspecified atom stereocenters. The van der Waals surface area contributed by atoms with Gasteiger partial charge in [0.05, 0.1) is 0 Å². The number of hydrogen-bond donors (Lipinski definition) is 0. The lowest BCUT2D eigenvalue weighted by Gasteiger charge is -2.40. The summed E-state index contributed by atoms with van der Waals surface area (Å²) in [5.74, 6) is 0.681. The summed E-state index contributed by atoms with van der Waals surface area (Å²) >= 11 is 0. The van der Waals surface area contributed by atoms with Crippen LogP contribution in [0.25, 0.3) is 0 Å². The van der Waals surface area contributed by atoms with Crippen LogP contribution in [-0.4, -0.2) is 10.3 Å². The van der Waals surface area contributed by atoms with E-state index in [1.165, 1.54) is 0 Å². The van der Waals surface area contributed by atoms with E-state index >= 15 is 0 Å². The van der Waals surface area contributed by atoms with Gasteiger partial charge in [-0.1, -0.05) is 59.7 Å². The van der Waals surface area contributed by atoms with Gasteiger partial charge in [-0.05, 0) is 12.1 Å². The van der Waals surface area contributed by atoms with Crippen molar-refractivity contribution >= 4 is 7.37 Å². The molecule has 0 N–H and O–H groups in total. The Kier molecular flexibility index (Phi) is 3.78. The quantitative estimate of drug-likeness (QED) is 0.699. The molecule has 0 atom stereocenters.